The molecule has 1 aliphatic heterocycles. The number of nitrogens with zero attached hydrogens (tertiary/aromatic N) is 1. The molecule has 2 heterocycles. The number of ether oxygens (including phenoxy) is 3. The van der Waals surface area contributed by atoms with Gasteiger partial charge in [0.25, 0.3) is 0 Å². The van der Waals surface area contributed by atoms with E-state index in [0.29, 0.717) is 31.1 Å². The minimum Gasteiger partial charge on any atom is -0.493 e. The highest BCUT2D eigenvalue weighted by Gasteiger charge is 2.23. The molecule has 3 rings (SSSR count). The third-order valence-corrected chi connectivity index (χ3v) is 4.55. The molecular formula is C20H26N2O5. The monoisotopic (exact) mass is 374 g/mol. The van der Waals surface area contributed by atoms with Crippen LogP contribution in [-0.4, -0.2) is 44.4 Å². The second-order valence-electron chi connectivity index (χ2n) is 6.44. The summed E-state index contributed by atoms with van der Waals surface area (Å²) < 4.78 is 21.6. The maximum absolute atomic E-state index is 12.8. The summed E-state index contributed by atoms with van der Waals surface area (Å²) in [7, 11) is 3.18. The molecule has 1 unspecified atom stereocenters. The van der Waals surface area contributed by atoms with Crippen LogP contribution < -0.4 is 14.8 Å². The minimum atomic E-state index is -0.156. The molecule has 0 saturated carbocycles. The maximum Gasteiger partial charge on any atom is 0.318 e. The minimum absolute atomic E-state index is 0.0757. The van der Waals surface area contributed by atoms with Crippen LogP contribution in [0.4, 0.5) is 4.79 Å². The zero-order valence-electron chi connectivity index (χ0n) is 15.8. The van der Waals surface area contributed by atoms with Gasteiger partial charge in [-0.05, 0) is 42.7 Å². The normalized spacial score (nSPS) is 16.1. The van der Waals surface area contributed by atoms with Crippen molar-refractivity contribution in [2.45, 2.75) is 32.0 Å². The van der Waals surface area contributed by atoms with Gasteiger partial charge in [-0.25, -0.2) is 4.79 Å². The molecule has 2 aromatic rings. The summed E-state index contributed by atoms with van der Waals surface area (Å²) >= 11 is 0. The van der Waals surface area contributed by atoms with Crippen molar-refractivity contribution in [2.75, 3.05) is 27.4 Å². The van der Waals surface area contributed by atoms with Crippen LogP contribution in [0, 0.1) is 0 Å². The molecule has 0 spiro atoms. The fourth-order valence-corrected chi connectivity index (χ4v) is 3.12. The lowest BCUT2D eigenvalue weighted by Crippen LogP contribution is -2.43. The number of urea groups is 1. The average Bonchev–Trinajstić information content (AvgIpc) is 3.39. The quantitative estimate of drug-likeness (QED) is 0.768. The van der Waals surface area contributed by atoms with E-state index in [2.05, 4.69) is 5.32 Å². The molecule has 2 amide bonds. The smallest absolute Gasteiger partial charge is 0.318 e. The van der Waals surface area contributed by atoms with Crippen LogP contribution >= 0.6 is 0 Å². The van der Waals surface area contributed by atoms with Gasteiger partial charge >= 0.3 is 6.03 Å². The number of hydrogen-bond acceptors (Lipinski definition) is 5. The van der Waals surface area contributed by atoms with Crippen molar-refractivity contribution >= 4 is 6.03 Å². The van der Waals surface area contributed by atoms with Gasteiger partial charge in [0.05, 0.1) is 33.1 Å². The lowest BCUT2D eigenvalue weighted by atomic mass is 10.2. The van der Waals surface area contributed by atoms with Crippen molar-refractivity contribution in [3.05, 3.63) is 47.9 Å². The molecule has 7 nitrogen and oxygen atoms in total. The summed E-state index contributed by atoms with van der Waals surface area (Å²) in [6.07, 6.45) is 3.69. The molecule has 27 heavy (non-hydrogen) atoms. The number of carbonyl (C=O) groups is 1. The van der Waals surface area contributed by atoms with E-state index in [9.17, 15) is 4.79 Å². The van der Waals surface area contributed by atoms with Crippen LogP contribution in [0.3, 0.4) is 0 Å². The van der Waals surface area contributed by atoms with Gasteiger partial charge in [0.2, 0.25) is 0 Å². The van der Waals surface area contributed by atoms with Crippen molar-refractivity contribution in [3.63, 3.8) is 0 Å². The molecule has 1 aromatic carbocycles. The van der Waals surface area contributed by atoms with Crippen molar-refractivity contribution in [1.82, 2.24) is 10.2 Å². The van der Waals surface area contributed by atoms with Crippen molar-refractivity contribution in [2.24, 2.45) is 0 Å². The zero-order valence-corrected chi connectivity index (χ0v) is 15.8. The van der Waals surface area contributed by atoms with Crippen LogP contribution in [0.2, 0.25) is 0 Å². The van der Waals surface area contributed by atoms with Gasteiger partial charge < -0.3 is 28.8 Å². The van der Waals surface area contributed by atoms with E-state index in [1.807, 2.05) is 30.3 Å². The Kier molecular flexibility index (Phi) is 6.59. The topological polar surface area (TPSA) is 73.2 Å². The van der Waals surface area contributed by atoms with Gasteiger partial charge in [0.1, 0.15) is 5.76 Å². The molecule has 1 N–H and O–H groups in total. The molecule has 1 atom stereocenters. The Morgan fingerprint density at radius 3 is 2.78 bits per heavy atom. The number of nitrogens with one attached hydrogen (secondary N) is 1. The lowest BCUT2D eigenvalue weighted by molar-refractivity contribution is 0.0777. The summed E-state index contributed by atoms with van der Waals surface area (Å²) in [6.45, 7) is 2.09. The number of rotatable bonds is 8. The predicted molar refractivity (Wildman–Crippen MR) is 99.9 cm³/mol. The fourth-order valence-electron chi connectivity index (χ4n) is 3.12. The van der Waals surface area contributed by atoms with Crippen molar-refractivity contribution in [1.29, 1.82) is 0 Å². The number of carbonyl (C=O) groups excluding carboxylic acids is 1. The predicted octanol–water partition coefficient (Wildman–Crippen LogP) is 3.19. The molecular weight excluding hydrogens is 348 g/mol. The highest BCUT2D eigenvalue weighted by molar-refractivity contribution is 5.74. The Labute approximate surface area is 159 Å². The summed E-state index contributed by atoms with van der Waals surface area (Å²) in [5.41, 5.74) is 0.927. The number of hydrogen-bond donors (Lipinski definition) is 1. The summed E-state index contributed by atoms with van der Waals surface area (Å²) in [5.74, 6) is 2.04. The SMILES string of the molecule is COc1ccc(CNC(=O)N(Cc2ccco2)CC2CCCO2)cc1OC. The van der Waals surface area contributed by atoms with Gasteiger partial charge in [-0.1, -0.05) is 6.07 Å². The molecule has 0 radical (unpaired) electrons. The van der Waals surface area contributed by atoms with Gasteiger partial charge in [0.15, 0.2) is 11.5 Å². The largest absolute Gasteiger partial charge is 0.493 e. The van der Waals surface area contributed by atoms with E-state index in [4.69, 9.17) is 18.6 Å². The molecule has 1 saturated heterocycles. The first-order valence-electron chi connectivity index (χ1n) is 9.07. The van der Waals surface area contributed by atoms with Gasteiger partial charge in [-0.15, -0.1) is 0 Å². The van der Waals surface area contributed by atoms with Crippen LogP contribution in [0.15, 0.2) is 41.0 Å². The highest BCUT2D eigenvalue weighted by Crippen LogP contribution is 2.27. The second kappa shape index (κ2) is 9.32. The number of methoxy groups -OCH3 is 2. The van der Waals surface area contributed by atoms with Crippen LogP contribution in [0.1, 0.15) is 24.2 Å². The fraction of sp³-hybridized carbons (Fsp3) is 0.450. The van der Waals surface area contributed by atoms with Crippen molar-refractivity contribution < 1.29 is 23.4 Å². The first-order valence-corrected chi connectivity index (χ1v) is 9.07. The third kappa shape index (κ3) is 5.17. The Morgan fingerprint density at radius 2 is 2.11 bits per heavy atom. The van der Waals surface area contributed by atoms with E-state index in [0.717, 1.165) is 30.8 Å². The molecule has 0 aliphatic carbocycles. The zero-order chi connectivity index (χ0) is 19.1. The number of amides is 2. The number of benzene rings is 1. The molecule has 0 bridgehead atoms. The van der Waals surface area contributed by atoms with Crippen LogP contribution in [-0.2, 0) is 17.8 Å². The molecule has 1 aromatic heterocycles. The Bertz CT molecular complexity index is 726. The molecule has 1 fully saturated rings. The van der Waals surface area contributed by atoms with Gasteiger partial charge in [0, 0.05) is 19.7 Å². The molecule has 7 heteroatoms. The van der Waals surface area contributed by atoms with E-state index in [1.165, 1.54) is 0 Å². The summed E-state index contributed by atoms with van der Waals surface area (Å²) in [4.78, 5) is 14.5. The standard InChI is InChI=1S/C20H26N2O5/c1-24-18-8-7-15(11-19(18)25-2)12-21-20(23)22(13-16-5-3-9-26-16)14-17-6-4-10-27-17/h3,5,7-9,11,17H,4,6,10,12-14H2,1-2H3,(H,21,23). The summed E-state index contributed by atoms with van der Waals surface area (Å²) in [5, 5.41) is 2.97. The van der Waals surface area contributed by atoms with E-state index < -0.39 is 0 Å². The molecule has 1 aliphatic rings. The lowest BCUT2D eigenvalue weighted by Gasteiger charge is -2.25. The average molecular weight is 374 g/mol. The maximum atomic E-state index is 12.8. The van der Waals surface area contributed by atoms with Crippen molar-refractivity contribution in [3.8, 4) is 11.5 Å². The Balaban J connectivity index is 1.62. The second-order valence-corrected chi connectivity index (χ2v) is 6.44. The first-order chi connectivity index (χ1) is 13.2. The van der Waals surface area contributed by atoms with E-state index in [1.54, 1.807) is 25.4 Å². The van der Waals surface area contributed by atoms with E-state index in [-0.39, 0.29) is 12.1 Å². The molecule has 146 valence electrons. The third-order valence-electron chi connectivity index (χ3n) is 4.55. The van der Waals surface area contributed by atoms with Gasteiger partial charge in [-0.2, -0.15) is 0 Å². The van der Waals surface area contributed by atoms with E-state index >= 15 is 0 Å². The van der Waals surface area contributed by atoms with Gasteiger partial charge in [-0.3, -0.25) is 0 Å². The Hall–Kier alpha value is -2.67. The van der Waals surface area contributed by atoms with Crippen LogP contribution in [0.25, 0.3) is 0 Å². The highest BCUT2D eigenvalue weighted by atomic mass is 16.5. The first kappa shape index (κ1) is 19.1. The van der Waals surface area contributed by atoms with Crippen LogP contribution in [0.5, 0.6) is 11.5 Å². The number of furan rings is 1. The Morgan fingerprint density at radius 1 is 1.26 bits per heavy atom. The summed E-state index contributed by atoms with van der Waals surface area (Å²) in [6, 6.07) is 9.12.